The maximum Gasteiger partial charge on any atom is 0.253 e. The molecule has 0 unspecified atom stereocenters. The molecule has 0 saturated carbocycles. The van der Waals surface area contributed by atoms with Gasteiger partial charge < -0.3 is 15.8 Å². The van der Waals surface area contributed by atoms with Gasteiger partial charge >= 0.3 is 0 Å². The molecule has 0 bridgehead atoms. The van der Waals surface area contributed by atoms with Crippen LogP contribution in [-0.2, 0) is 9.53 Å². The molecule has 116 valence electrons. The van der Waals surface area contributed by atoms with E-state index in [-0.39, 0.29) is 22.9 Å². The summed E-state index contributed by atoms with van der Waals surface area (Å²) in [5.41, 5.74) is 6.36. The molecule has 1 aromatic rings. The lowest BCUT2D eigenvalue weighted by Gasteiger charge is -2.18. The Balaban J connectivity index is 1.90. The van der Waals surface area contributed by atoms with Crippen molar-refractivity contribution in [1.82, 2.24) is 0 Å². The number of benzene rings is 1. The summed E-state index contributed by atoms with van der Waals surface area (Å²) >= 11 is 1.81. The fourth-order valence-electron chi connectivity index (χ4n) is 2.25. The summed E-state index contributed by atoms with van der Waals surface area (Å²) in [6.45, 7) is 7.01. The number of amides is 1. The molecule has 2 atom stereocenters. The van der Waals surface area contributed by atoms with E-state index in [1.54, 1.807) is 11.8 Å². The Kier molecular flexibility index (Phi) is 5.30. The summed E-state index contributed by atoms with van der Waals surface area (Å²) in [5.74, 6) is -0.0813. The van der Waals surface area contributed by atoms with Crippen molar-refractivity contribution in [2.75, 3.05) is 11.9 Å². The first-order valence-corrected chi connectivity index (χ1v) is 8.14. The Labute approximate surface area is 130 Å². The first kappa shape index (κ1) is 16.3. The van der Waals surface area contributed by atoms with Crippen LogP contribution in [0.3, 0.4) is 0 Å². The number of hydrogen-bond acceptors (Lipinski definition) is 4. The van der Waals surface area contributed by atoms with Gasteiger partial charge in [0, 0.05) is 21.9 Å². The van der Waals surface area contributed by atoms with E-state index in [2.05, 4.69) is 26.1 Å². The first-order chi connectivity index (χ1) is 9.87. The molecule has 1 fully saturated rings. The summed E-state index contributed by atoms with van der Waals surface area (Å²) in [7, 11) is 0. The van der Waals surface area contributed by atoms with E-state index in [0.717, 1.165) is 18.5 Å². The van der Waals surface area contributed by atoms with Crippen molar-refractivity contribution in [3.05, 3.63) is 24.3 Å². The zero-order chi connectivity index (χ0) is 15.5. The molecule has 0 spiro atoms. The first-order valence-electron chi connectivity index (χ1n) is 7.33. The molecular weight excluding hydrogens is 284 g/mol. The molecule has 0 radical (unpaired) electrons. The monoisotopic (exact) mass is 308 g/mol. The topological polar surface area (TPSA) is 64.4 Å². The van der Waals surface area contributed by atoms with Crippen LogP contribution < -0.4 is 11.1 Å². The molecule has 1 aromatic carbocycles. The van der Waals surface area contributed by atoms with Crippen molar-refractivity contribution in [1.29, 1.82) is 0 Å². The molecule has 1 aliphatic rings. The number of rotatable bonds is 4. The Morgan fingerprint density at radius 3 is 2.52 bits per heavy atom. The third-order valence-electron chi connectivity index (χ3n) is 3.21. The molecule has 2 rings (SSSR count). The van der Waals surface area contributed by atoms with Crippen molar-refractivity contribution in [2.45, 2.75) is 55.5 Å². The van der Waals surface area contributed by atoms with Gasteiger partial charge in [0.15, 0.2) is 0 Å². The number of nitrogens with one attached hydrogen (secondary N) is 1. The Hall–Kier alpha value is -1.04. The van der Waals surface area contributed by atoms with Gasteiger partial charge in [0.2, 0.25) is 0 Å². The van der Waals surface area contributed by atoms with Gasteiger partial charge in [-0.3, -0.25) is 4.79 Å². The third-order valence-corrected chi connectivity index (χ3v) is 4.33. The molecule has 1 heterocycles. The Morgan fingerprint density at radius 1 is 1.33 bits per heavy atom. The molecule has 5 heteroatoms. The average molecular weight is 308 g/mol. The molecule has 1 amide bonds. The van der Waals surface area contributed by atoms with Crippen molar-refractivity contribution < 1.29 is 9.53 Å². The lowest BCUT2D eigenvalue weighted by Crippen LogP contribution is -2.29. The number of hydrogen-bond donors (Lipinski definition) is 2. The second-order valence-corrected chi connectivity index (χ2v) is 8.19. The predicted octanol–water partition coefficient (Wildman–Crippen LogP) is 3.02. The average Bonchev–Trinajstić information content (AvgIpc) is 2.88. The maximum absolute atomic E-state index is 12.1. The van der Waals surface area contributed by atoms with Crippen LogP contribution in [0.4, 0.5) is 5.69 Å². The SMILES string of the molecule is CC(C)(C)Sc1ccc(NC(=O)[C@@H]2CC[C@H](CN)O2)cc1. The van der Waals surface area contributed by atoms with Crippen molar-refractivity contribution in [3.63, 3.8) is 0 Å². The molecule has 3 N–H and O–H groups in total. The Bertz CT molecular complexity index is 482. The van der Waals surface area contributed by atoms with Gasteiger partial charge in [-0.25, -0.2) is 0 Å². The summed E-state index contributed by atoms with van der Waals surface area (Å²) < 4.78 is 5.77. The summed E-state index contributed by atoms with van der Waals surface area (Å²) in [5, 5.41) is 2.90. The van der Waals surface area contributed by atoms with E-state index < -0.39 is 0 Å². The van der Waals surface area contributed by atoms with Crippen molar-refractivity contribution in [2.24, 2.45) is 5.73 Å². The number of thioether (sulfide) groups is 1. The molecule has 1 aliphatic heterocycles. The van der Waals surface area contributed by atoms with Gasteiger partial charge in [0.25, 0.3) is 5.91 Å². The standard InChI is InChI=1S/C16H24N2O2S/c1-16(2,3)21-13-7-4-11(5-8-13)18-15(19)14-9-6-12(10-17)20-14/h4-5,7-8,12,14H,6,9-10,17H2,1-3H3,(H,18,19)/t12-,14+/m1/s1. The fourth-order valence-corrected chi connectivity index (χ4v) is 3.23. The van der Waals surface area contributed by atoms with Gasteiger partial charge in [-0.15, -0.1) is 11.8 Å². The highest BCUT2D eigenvalue weighted by molar-refractivity contribution is 8.00. The molecule has 4 nitrogen and oxygen atoms in total. The van der Waals surface area contributed by atoms with Gasteiger partial charge in [-0.1, -0.05) is 20.8 Å². The van der Waals surface area contributed by atoms with Crippen molar-refractivity contribution >= 4 is 23.4 Å². The maximum atomic E-state index is 12.1. The summed E-state index contributed by atoms with van der Waals surface area (Å²) in [4.78, 5) is 13.3. The number of carbonyl (C=O) groups is 1. The highest BCUT2D eigenvalue weighted by atomic mass is 32.2. The second-order valence-electron chi connectivity index (χ2n) is 6.29. The molecule has 21 heavy (non-hydrogen) atoms. The summed E-state index contributed by atoms with van der Waals surface area (Å²) in [6, 6.07) is 7.93. The largest absolute Gasteiger partial charge is 0.364 e. The van der Waals surface area contributed by atoms with E-state index in [1.165, 1.54) is 4.90 Å². The predicted molar refractivity (Wildman–Crippen MR) is 87.6 cm³/mol. The van der Waals surface area contributed by atoms with Crippen LogP contribution in [-0.4, -0.2) is 29.4 Å². The normalized spacial score (nSPS) is 22.3. The minimum atomic E-state index is -0.373. The van der Waals surface area contributed by atoms with E-state index >= 15 is 0 Å². The molecular formula is C16H24N2O2S. The van der Waals surface area contributed by atoms with Gasteiger partial charge in [-0.05, 0) is 37.1 Å². The van der Waals surface area contributed by atoms with Crippen molar-refractivity contribution in [3.8, 4) is 0 Å². The highest BCUT2D eigenvalue weighted by Crippen LogP contribution is 2.32. The van der Waals surface area contributed by atoms with Gasteiger partial charge in [-0.2, -0.15) is 0 Å². The highest BCUT2D eigenvalue weighted by Gasteiger charge is 2.29. The minimum absolute atomic E-state index is 0.0197. The number of nitrogens with two attached hydrogens (primary N) is 1. The van der Waals surface area contributed by atoms with Gasteiger partial charge in [0.1, 0.15) is 6.10 Å². The van der Waals surface area contributed by atoms with Crippen LogP contribution in [0.15, 0.2) is 29.2 Å². The van der Waals surface area contributed by atoms with Crippen LogP contribution in [0.25, 0.3) is 0 Å². The number of anilines is 1. The summed E-state index contributed by atoms with van der Waals surface area (Å²) in [6.07, 6.45) is 1.25. The third kappa shape index (κ3) is 5.02. The van der Waals surface area contributed by atoms with E-state index in [4.69, 9.17) is 10.5 Å². The lowest BCUT2D eigenvalue weighted by molar-refractivity contribution is -0.126. The molecule has 0 aliphatic carbocycles. The van der Waals surface area contributed by atoms with Crippen LogP contribution in [0.2, 0.25) is 0 Å². The number of carbonyl (C=O) groups excluding carboxylic acids is 1. The lowest BCUT2D eigenvalue weighted by atomic mass is 10.2. The second kappa shape index (κ2) is 6.81. The molecule has 0 aromatic heterocycles. The van der Waals surface area contributed by atoms with Crippen LogP contribution in [0.5, 0.6) is 0 Å². The van der Waals surface area contributed by atoms with Crippen LogP contribution in [0.1, 0.15) is 33.6 Å². The minimum Gasteiger partial charge on any atom is -0.364 e. The Morgan fingerprint density at radius 2 is 2.00 bits per heavy atom. The van der Waals surface area contributed by atoms with E-state index in [9.17, 15) is 4.79 Å². The quantitative estimate of drug-likeness (QED) is 0.839. The van der Waals surface area contributed by atoms with E-state index in [1.807, 2.05) is 24.3 Å². The fraction of sp³-hybridized carbons (Fsp3) is 0.562. The number of ether oxygens (including phenoxy) is 1. The van der Waals surface area contributed by atoms with E-state index in [0.29, 0.717) is 6.54 Å². The van der Waals surface area contributed by atoms with Gasteiger partial charge in [0.05, 0.1) is 6.10 Å². The zero-order valence-electron chi connectivity index (χ0n) is 12.9. The van der Waals surface area contributed by atoms with Crippen LogP contribution in [0, 0.1) is 0 Å². The smallest absolute Gasteiger partial charge is 0.253 e. The zero-order valence-corrected chi connectivity index (χ0v) is 13.7. The molecule has 1 saturated heterocycles. The van der Waals surface area contributed by atoms with Crippen LogP contribution >= 0.6 is 11.8 Å².